The van der Waals surface area contributed by atoms with Gasteiger partial charge in [0.1, 0.15) is 0 Å². The van der Waals surface area contributed by atoms with Gasteiger partial charge >= 0.3 is 0 Å². The Balaban J connectivity index is 3.34. The van der Waals surface area contributed by atoms with E-state index in [1.807, 2.05) is 0 Å². The Bertz CT molecular complexity index is 414. The first-order valence-electron chi connectivity index (χ1n) is 12.4. The van der Waals surface area contributed by atoms with E-state index < -0.39 is 12.1 Å². The Morgan fingerprint density at radius 1 is 0.531 bits per heavy atom. The van der Waals surface area contributed by atoms with E-state index in [2.05, 4.69) is 21.3 Å². The SMILES string of the molecule is NCCCCC(N)C(=O)NCCCNCCCCNCCCNC(=O)C(N)CCCCN. The minimum absolute atomic E-state index is 0.0713. The monoisotopic (exact) mass is 458 g/mol. The van der Waals surface area contributed by atoms with Crippen LogP contribution in [0.3, 0.4) is 0 Å². The van der Waals surface area contributed by atoms with Crippen LogP contribution in [0.1, 0.15) is 64.2 Å². The number of nitrogens with one attached hydrogen (secondary N) is 4. The topological polar surface area (TPSA) is 186 Å². The van der Waals surface area contributed by atoms with Crippen molar-refractivity contribution in [2.24, 2.45) is 22.9 Å². The lowest BCUT2D eigenvalue weighted by molar-refractivity contribution is -0.123. The van der Waals surface area contributed by atoms with Gasteiger partial charge in [0.05, 0.1) is 12.1 Å². The van der Waals surface area contributed by atoms with Crippen molar-refractivity contribution < 1.29 is 9.59 Å². The molecule has 0 heterocycles. The average molecular weight is 459 g/mol. The summed E-state index contributed by atoms with van der Waals surface area (Å²) in [5.74, 6) is -0.143. The fourth-order valence-corrected chi connectivity index (χ4v) is 3.14. The molecule has 0 saturated carbocycles. The molecule has 32 heavy (non-hydrogen) atoms. The third-order valence-corrected chi connectivity index (χ3v) is 5.23. The van der Waals surface area contributed by atoms with Crippen LogP contribution in [-0.4, -0.2) is 76.3 Å². The van der Waals surface area contributed by atoms with Crippen LogP contribution in [0.15, 0.2) is 0 Å². The third-order valence-electron chi connectivity index (χ3n) is 5.23. The highest BCUT2D eigenvalue weighted by atomic mass is 16.2. The van der Waals surface area contributed by atoms with Crippen molar-refractivity contribution in [3.05, 3.63) is 0 Å². The smallest absolute Gasteiger partial charge is 0.236 e. The largest absolute Gasteiger partial charge is 0.355 e. The molecule has 2 atom stereocenters. The van der Waals surface area contributed by atoms with Crippen LogP contribution in [-0.2, 0) is 9.59 Å². The molecule has 2 unspecified atom stereocenters. The molecule has 0 aromatic carbocycles. The van der Waals surface area contributed by atoms with E-state index in [1.165, 1.54) is 0 Å². The van der Waals surface area contributed by atoms with E-state index in [9.17, 15) is 9.59 Å². The predicted molar refractivity (Wildman–Crippen MR) is 132 cm³/mol. The summed E-state index contributed by atoms with van der Waals surface area (Å²) in [6.45, 7) is 6.26. The molecule has 10 heteroatoms. The second-order valence-electron chi connectivity index (χ2n) is 8.28. The summed E-state index contributed by atoms with van der Waals surface area (Å²) in [6, 6.07) is -0.857. The molecular formula is C22H50N8O2. The summed E-state index contributed by atoms with van der Waals surface area (Å²) in [4.78, 5) is 23.7. The number of hydrogen-bond donors (Lipinski definition) is 8. The number of rotatable bonds is 23. The molecule has 2 amide bonds. The van der Waals surface area contributed by atoms with Gasteiger partial charge < -0.3 is 44.2 Å². The van der Waals surface area contributed by atoms with Crippen LogP contribution in [0.2, 0.25) is 0 Å². The van der Waals surface area contributed by atoms with Gasteiger partial charge in [-0.25, -0.2) is 0 Å². The fourth-order valence-electron chi connectivity index (χ4n) is 3.14. The highest BCUT2D eigenvalue weighted by molar-refractivity contribution is 5.81. The number of nitrogens with two attached hydrogens (primary N) is 4. The normalized spacial score (nSPS) is 13.0. The molecule has 10 nitrogen and oxygen atoms in total. The van der Waals surface area contributed by atoms with Crippen molar-refractivity contribution in [1.82, 2.24) is 21.3 Å². The van der Waals surface area contributed by atoms with Gasteiger partial charge in [0, 0.05) is 13.1 Å². The Hall–Kier alpha value is -1.30. The summed E-state index contributed by atoms with van der Waals surface area (Å²) in [5, 5.41) is 12.6. The molecule has 190 valence electrons. The number of amides is 2. The van der Waals surface area contributed by atoms with Gasteiger partial charge in [-0.3, -0.25) is 9.59 Å². The summed E-state index contributed by atoms with van der Waals surface area (Å²) in [7, 11) is 0. The maximum atomic E-state index is 11.8. The number of carbonyl (C=O) groups is 2. The zero-order valence-corrected chi connectivity index (χ0v) is 20.0. The highest BCUT2D eigenvalue weighted by Gasteiger charge is 2.12. The van der Waals surface area contributed by atoms with Gasteiger partial charge in [-0.15, -0.1) is 0 Å². The number of carbonyl (C=O) groups excluding carboxylic acids is 2. The van der Waals surface area contributed by atoms with E-state index >= 15 is 0 Å². The lowest BCUT2D eigenvalue weighted by atomic mass is 10.1. The van der Waals surface area contributed by atoms with Crippen molar-refractivity contribution in [3.63, 3.8) is 0 Å². The zero-order chi connectivity index (χ0) is 23.9. The lowest BCUT2D eigenvalue weighted by Gasteiger charge is -2.12. The Kier molecular flexibility index (Phi) is 21.9. The van der Waals surface area contributed by atoms with Crippen molar-refractivity contribution >= 4 is 11.8 Å². The first kappa shape index (κ1) is 30.7. The van der Waals surface area contributed by atoms with Gasteiger partial charge in [0.15, 0.2) is 0 Å². The quantitative estimate of drug-likeness (QED) is 0.0883. The molecule has 0 aliphatic heterocycles. The van der Waals surface area contributed by atoms with Gasteiger partial charge in [0.25, 0.3) is 0 Å². The second kappa shape index (κ2) is 22.9. The molecule has 0 aromatic rings. The van der Waals surface area contributed by atoms with Crippen LogP contribution in [0, 0.1) is 0 Å². The van der Waals surface area contributed by atoms with Crippen molar-refractivity contribution in [2.45, 2.75) is 76.3 Å². The summed E-state index contributed by atoms with van der Waals surface area (Å²) in [5.41, 5.74) is 22.6. The minimum Gasteiger partial charge on any atom is -0.355 e. The zero-order valence-electron chi connectivity index (χ0n) is 20.0. The molecular weight excluding hydrogens is 408 g/mol. The van der Waals surface area contributed by atoms with E-state index in [0.29, 0.717) is 39.0 Å². The van der Waals surface area contributed by atoms with Crippen LogP contribution in [0.5, 0.6) is 0 Å². The number of hydrogen-bond acceptors (Lipinski definition) is 8. The van der Waals surface area contributed by atoms with Crippen LogP contribution in [0.4, 0.5) is 0 Å². The van der Waals surface area contributed by atoms with Crippen LogP contribution in [0.25, 0.3) is 0 Å². The first-order valence-corrected chi connectivity index (χ1v) is 12.4. The summed E-state index contributed by atoms with van der Waals surface area (Å²) >= 11 is 0. The molecule has 0 aliphatic carbocycles. The molecule has 0 rings (SSSR count). The van der Waals surface area contributed by atoms with Gasteiger partial charge in [-0.2, -0.15) is 0 Å². The summed E-state index contributed by atoms with van der Waals surface area (Å²) in [6.07, 6.45) is 8.95. The van der Waals surface area contributed by atoms with Gasteiger partial charge in [-0.1, -0.05) is 12.8 Å². The van der Waals surface area contributed by atoms with E-state index in [1.54, 1.807) is 0 Å². The highest BCUT2D eigenvalue weighted by Crippen LogP contribution is 1.98. The third kappa shape index (κ3) is 19.4. The van der Waals surface area contributed by atoms with Crippen molar-refractivity contribution in [2.75, 3.05) is 52.4 Å². The van der Waals surface area contributed by atoms with Crippen molar-refractivity contribution in [1.29, 1.82) is 0 Å². The molecule has 0 aliphatic rings. The number of unbranched alkanes of at least 4 members (excludes halogenated alkanes) is 3. The minimum atomic E-state index is -0.428. The molecule has 0 fully saturated rings. The van der Waals surface area contributed by atoms with E-state index in [-0.39, 0.29) is 11.8 Å². The van der Waals surface area contributed by atoms with Crippen LogP contribution < -0.4 is 44.2 Å². The molecule has 0 radical (unpaired) electrons. The molecule has 0 aromatic heterocycles. The Labute approximate surface area is 194 Å². The molecule has 0 saturated heterocycles. The maximum Gasteiger partial charge on any atom is 0.236 e. The van der Waals surface area contributed by atoms with Crippen LogP contribution >= 0.6 is 0 Å². The Morgan fingerprint density at radius 2 is 0.906 bits per heavy atom. The van der Waals surface area contributed by atoms with E-state index in [0.717, 1.165) is 77.5 Å². The predicted octanol–water partition coefficient (Wildman–Crippen LogP) is -1.13. The van der Waals surface area contributed by atoms with E-state index in [4.69, 9.17) is 22.9 Å². The fraction of sp³-hybridized carbons (Fsp3) is 0.909. The first-order chi connectivity index (χ1) is 15.5. The Morgan fingerprint density at radius 3 is 1.28 bits per heavy atom. The average Bonchev–Trinajstić information content (AvgIpc) is 2.79. The molecule has 0 bridgehead atoms. The molecule has 12 N–H and O–H groups in total. The van der Waals surface area contributed by atoms with Gasteiger partial charge in [0.2, 0.25) is 11.8 Å². The lowest BCUT2D eigenvalue weighted by Crippen LogP contribution is -2.41. The maximum absolute atomic E-state index is 11.8. The van der Waals surface area contributed by atoms with Crippen molar-refractivity contribution in [3.8, 4) is 0 Å². The molecule has 0 spiro atoms. The van der Waals surface area contributed by atoms with Gasteiger partial charge in [-0.05, 0) is 90.6 Å². The summed E-state index contributed by atoms with van der Waals surface area (Å²) < 4.78 is 0. The second-order valence-corrected chi connectivity index (χ2v) is 8.28. The standard InChI is InChI=1S/C22H50N8O2/c23-11-3-1-9-19(25)21(31)29-17-7-15-27-13-5-6-14-28-16-8-18-30-22(32)20(26)10-2-4-12-24/h19-20,27-28H,1-18,23-26H2,(H,29,31)(H,30,32).